The van der Waals surface area contributed by atoms with Crippen LogP contribution in [0.4, 0.5) is 0 Å². The van der Waals surface area contributed by atoms with Crippen molar-refractivity contribution in [3.05, 3.63) is 59.7 Å². The van der Waals surface area contributed by atoms with Crippen LogP contribution < -0.4 is 0 Å². The number of carbonyl (C=O) groups excluding carboxylic acids is 1. The summed E-state index contributed by atoms with van der Waals surface area (Å²) in [6, 6.07) is 14.6. The van der Waals surface area contributed by atoms with Gasteiger partial charge in [-0.2, -0.15) is 0 Å². The van der Waals surface area contributed by atoms with Crippen molar-refractivity contribution in [1.29, 1.82) is 0 Å². The zero-order chi connectivity index (χ0) is 17.1. The van der Waals surface area contributed by atoms with Gasteiger partial charge in [0.15, 0.2) is 0 Å². The van der Waals surface area contributed by atoms with Crippen LogP contribution >= 0.6 is 0 Å². The number of carbonyl (C=O) groups is 2. The maximum absolute atomic E-state index is 12.6. The SMILES string of the molecule is CN(C(=O)c1ccc(-c2ccc(C(=O)O)cc2)cc1)C1CCCC1. The molecule has 2 aromatic rings. The molecule has 0 atom stereocenters. The lowest BCUT2D eigenvalue weighted by atomic mass is 10.0. The molecule has 3 rings (SSSR count). The van der Waals surface area contributed by atoms with Gasteiger partial charge in [-0.3, -0.25) is 4.79 Å². The molecule has 0 aromatic heterocycles. The third-order valence-corrected chi connectivity index (χ3v) is 4.79. The molecule has 1 saturated carbocycles. The summed E-state index contributed by atoms with van der Waals surface area (Å²) in [4.78, 5) is 25.3. The molecule has 1 amide bonds. The molecular weight excluding hydrogens is 302 g/mol. The fourth-order valence-corrected chi connectivity index (χ4v) is 3.27. The molecule has 2 aromatic carbocycles. The third kappa shape index (κ3) is 3.32. The van der Waals surface area contributed by atoms with Crippen molar-refractivity contribution in [2.75, 3.05) is 7.05 Å². The topological polar surface area (TPSA) is 57.6 Å². The van der Waals surface area contributed by atoms with E-state index in [1.54, 1.807) is 24.3 Å². The summed E-state index contributed by atoms with van der Waals surface area (Å²) < 4.78 is 0. The Labute approximate surface area is 141 Å². The largest absolute Gasteiger partial charge is 0.478 e. The van der Waals surface area contributed by atoms with E-state index in [4.69, 9.17) is 5.11 Å². The molecule has 124 valence electrons. The highest BCUT2D eigenvalue weighted by atomic mass is 16.4. The fourth-order valence-electron chi connectivity index (χ4n) is 3.27. The summed E-state index contributed by atoms with van der Waals surface area (Å²) in [7, 11) is 1.89. The van der Waals surface area contributed by atoms with Gasteiger partial charge in [-0.15, -0.1) is 0 Å². The summed E-state index contributed by atoms with van der Waals surface area (Å²) >= 11 is 0. The molecule has 1 fully saturated rings. The number of benzene rings is 2. The molecule has 0 saturated heterocycles. The van der Waals surface area contributed by atoms with Crippen LogP contribution in [0.5, 0.6) is 0 Å². The van der Waals surface area contributed by atoms with Crippen molar-refractivity contribution in [3.63, 3.8) is 0 Å². The van der Waals surface area contributed by atoms with Gasteiger partial charge in [-0.25, -0.2) is 4.79 Å². The Morgan fingerprint density at radius 1 is 0.875 bits per heavy atom. The first-order valence-electron chi connectivity index (χ1n) is 8.27. The number of rotatable bonds is 4. The molecule has 24 heavy (non-hydrogen) atoms. The van der Waals surface area contributed by atoms with Gasteiger partial charge in [0.05, 0.1) is 5.56 Å². The maximum atomic E-state index is 12.6. The van der Waals surface area contributed by atoms with Gasteiger partial charge in [0.2, 0.25) is 0 Å². The van der Waals surface area contributed by atoms with E-state index in [1.807, 2.05) is 36.2 Å². The molecule has 0 spiro atoms. The summed E-state index contributed by atoms with van der Waals surface area (Å²) in [6.45, 7) is 0. The minimum atomic E-state index is -0.933. The molecular formula is C20H21NO3. The lowest BCUT2D eigenvalue weighted by molar-refractivity contribution is 0.0695. The summed E-state index contributed by atoms with van der Waals surface area (Å²) in [5.74, 6) is -0.868. The van der Waals surface area contributed by atoms with E-state index in [0.717, 1.165) is 24.0 Å². The Bertz CT molecular complexity index is 728. The molecule has 1 aliphatic rings. The Kier molecular flexibility index (Phi) is 4.65. The molecule has 0 aliphatic heterocycles. The van der Waals surface area contributed by atoms with Crippen LogP contribution in [-0.2, 0) is 0 Å². The lowest BCUT2D eigenvalue weighted by Gasteiger charge is -2.24. The predicted molar refractivity (Wildman–Crippen MR) is 93.2 cm³/mol. The number of amides is 1. The van der Waals surface area contributed by atoms with E-state index in [1.165, 1.54) is 12.8 Å². The number of hydrogen-bond donors (Lipinski definition) is 1. The highest BCUT2D eigenvalue weighted by Crippen LogP contribution is 2.25. The smallest absolute Gasteiger partial charge is 0.335 e. The van der Waals surface area contributed by atoms with Crippen molar-refractivity contribution >= 4 is 11.9 Å². The molecule has 0 bridgehead atoms. The van der Waals surface area contributed by atoms with Crippen LogP contribution in [0.2, 0.25) is 0 Å². The Morgan fingerprint density at radius 2 is 1.33 bits per heavy atom. The first-order valence-corrected chi connectivity index (χ1v) is 8.27. The number of aromatic carboxylic acids is 1. The Hall–Kier alpha value is -2.62. The van der Waals surface area contributed by atoms with Crippen LogP contribution in [-0.4, -0.2) is 35.0 Å². The molecule has 4 heteroatoms. The minimum Gasteiger partial charge on any atom is -0.478 e. The van der Waals surface area contributed by atoms with Crippen LogP contribution in [0.25, 0.3) is 11.1 Å². The van der Waals surface area contributed by atoms with E-state index < -0.39 is 5.97 Å². The van der Waals surface area contributed by atoms with Gasteiger partial charge in [0.25, 0.3) is 5.91 Å². The molecule has 0 unspecified atom stereocenters. The van der Waals surface area contributed by atoms with E-state index >= 15 is 0 Å². The highest BCUT2D eigenvalue weighted by molar-refractivity contribution is 5.95. The fraction of sp³-hybridized carbons (Fsp3) is 0.300. The summed E-state index contributed by atoms with van der Waals surface area (Å²) in [5.41, 5.74) is 2.86. The van der Waals surface area contributed by atoms with Crippen LogP contribution in [0.1, 0.15) is 46.4 Å². The van der Waals surface area contributed by atoms with Crippen LogP contribution in [0.15, 0.2) is 48.5 Å². The van der Waals surface area contributed by atoms with Crippen molar-refractivity contribution in [1.82, 2.24) is 4.90 Å². The van der Waals surface area contributed by atoms with Crippen LogP contribution in [0.3, 0.4) is 0 Å². The van der Waals surface area contributed by atoms with Gasteiger partial charge >= 0.3 is 5.97 Å². The third-order valence-electron chi connectivity index (χ3n) is 4.79. The van der Waals surface area contributed by atoms with Gasteiger partial charge in [0.1, 0.15) is 0 Å². The number of carboxylic acid groups (broad SMARTS) is 1. The summed E-state index contributed by atoms with van der Waals surface area (Å²) in [6.07, 6.45) is 4.59. The van der Waals surface area contributed by atoms with Gasteiger partial charge in [0, 0.05) is 18.7 Å². The monoisotopic (exact) mass is 323 g/mol. The standard InChI is InChI=1S/C20H21NO3/c1-21(18-4-2-3-5-18)19(22)16-10-6-14(7-11-16)15-8-12-17(13-9-15)20(23)24/h6-13,18H,2-5H2,1H3,(H,23,24). The van der Waals surface area contributed by atoms with Crippen LogP contribution in [0, 0.1) is 0 Å². The first kappa shape index (κ1) is 16.2. The van der Waals surface area contributed by atoms with Gasteiger partial charge in [-0.1, -0.05) is 37.1 Å². The average molecular weight is 323 g/mol. The van der Waals surface area contributed by atoms with Crippen molar-refractivity contribution in [3.8, 4) is 11.1 Å². The van der Waals surface area contributed by atoms with Crippen molar-refractivity contribution in [2.45, 2.75) is 31.7 Å². The molecule has 0 radical (unpaired) electrons. The second-order valence-corrected chi connectivity index (χ2v) is 6.31. The minimum absolute atomic E-state index is 0.0645. The summed E-state index contributed by atoms with van der Waals surface area (Å²) in [5, 5.41) is 8.94. The van der Waals surface area contributed by atoms with Gasteiger partial charge < -0.3 is 10.0 Å². The number of hydrogen-bond acceptors (Lipinski definition) is 2. The molecule has 4 nitrogen and oxygen atoms in total. The first-order chi connectivity index (χ1) is 11.6. The van der Waals surface area contributed by atoms with Gasteiger partial charge in [-0.05, 0) is 48.2 Å². The zero-order valence-corrected chi connectivity index (χ0v) is 13.7. The lowest BCUT2D eigenvalue weighted by Crippen LogP contribution is -2.35. The highest BCUT2D eigenvalue weighted by Gasteiger charge is 2.24. The van der Waals surface area contributed by atoms with E-state index in [0.29, 0.717) is 11.6 Å². The normalized spacial score (nSPS) is 14.5. The molecule has 1 N–H and O–H groups in total. The second kappa shape index (κ2) is 6.87. The average Bonchev–Trinajstić information content (AvgIpc) is 3.15. The van der Waals surface area contributed by atoms with Crippen molar-refractivity contribution in [2.24, 2.45) is 0 Å². The Morgan fingerprint density at radius 3 is 1.79 bits per heavy atom. The molecule has 1 aliphatic carbocycles. The van der Waals surface area contributed by atoms with Crippen molar-refractivity contribution < 1.29 is 14.7 Å². The number of carboxylic acids is 1. The Balaban J connectivity index is 1.75. The molecule has 0 heterocycles. The van der Waals surface area contributed by atoms with E-state index in [9.17, 15) is 9.59 Å². The zero-order valence-electron chi connectivity index (χ0n) is 13.7. The maximum Gasteiger partial charge on any atom is 0.335 e. The second-order valence-electron chi connectivity index (χ2n) is 6.31. The van der Waals surface area contributed by atoms with E-state index in [-0.39, 0.29) is 11.5 Å². The number of nitrogens with zero attached hydrogens (tertiary/aromatic N) is 1. The quantitative estimate of drug-likeness (QED) is 0.923. The van der Waals surface area contributed by atoms with E-state index in [2.05, 4.69) is 0 Å². The predicted octanol–water partition coefficient (Wildman–Crippen LogP) is 4.07.